The maximum absolute atomic E-state index is 6.48. The fraction of sp³-hybridized carbons (Fsp3) is 0.895. The molecular weight excluding hydrogens is 315 g/mol. The standard InChI is InChI=1S/C19H39BO3Si/c1-15(2)12-11-13-16(3)14-17(21-24(8,9)10)20-22-18(4,5)19(6,7)23-20/h12,16-17H,11,13-14H2,1-10H3/t16-,17-/m1/s1. The minimum Gasteiger partial charge on any atom is -0.417 e. The van der Waals surface area contributed by atoms with E-state index in [1.54, 1.807) is 0 Å². The summed E-state index contributed by atoms with van der Waals surface area (Å²) in [5, 5.41) is 0. The van der Waals surface area contributed by atoms with E-state index in [1.807, 2.05) is 0 Å². The molecule has 0 bridgehead atoms. The van der Waals surface area contributed by atoms with Crippen LogP contribution in [0.2, 0.25) is 19.6 Å². The van der Waals surface area contributed by atoms with Crippen LogP contribution in [0.5, 0.6) is 0 Å². The Bertz CT molecular complexity index is 420. The van der Waals surface area contributed by atoms with Crippen LogP contribution in [0.3, 0.4) is 0 Å². The third-order valence-corrected chi connectivity index (χ3v) is 5.94. The molecule has 1 aliphatic rings. The zero-order valence-electron chi connectivity index (χ0n) is 17.7. The Balaban J connectivity index is 2.77. The van der Waals surface area contributed by atoms with Crippen molar-refractivity contribution < 1.29 is 13.7 Å². The van der Waals surface area contributed by atoms with Crippen molar-refractivity contribution in [2.45, 2.75) is 105 Å². The van der Waals surface area contributed by atoms with Crippen molar-refractivity contribution in [2.24, 2.45) is 5.92 Å². The van der Waals surface area contributed by atoms with Crippen molar-refractivity contribution in [3.8, 4) is 0 Å². The first-order chi connectivity index (χ1) is 10.7. The van der Waals surface area contributed by atoms with Gasteiger partial charge in [-0.15, -0.1) is 0 Å². The van der Waals surface area contributed by atoms with Crippen molar-refractivity contribution in [1.82, 2.24) is 0 Å². The minimum atomic E-state index is -1.67. The molecule has 0 spiro atoms. The van der Waals surface area contributed by atoms with E-state index >= 15 is 0 Å². The molecule has 0 radical (unpaired) electrons. The van der Waals surface area contributed by atoms with Crippen LogP contribution in [0.4, 0.5) is 0 Å². The Kier molecular flexibility index (Phi) is 7.38. The first kappa shape index (κ1) is 21.9. The maximum Gasteiger partial charge on any atom is 0.487 e. The fourth-order valence-electron chi connectivity index (χ4n) is 2.88. The molecule has 0 aromatic rings. The Hall–Kier alpha value is -0.0982. The molecule has 1 rings (SSSR count). The van der Waals surface area contributed by atoms with E-state index in [9.17, 15) is 0 Å². The van der Waals surface area contributed by atoms with E-state index in [0.717, 1.165) is 12.8 Å². The van der Waals surface area contributed by atoms with Crippen molar-refractivity contribution in [3.05, 3.63) is 11.6 Å². The van der Waals surface area contributed by atoms with Crippen molar-refractivity contribution in [2.75, 3.05) is 0 Å². The second-order valence-corrected chi connectivity index (χ2v) is 14.1. The normalized spacial score (nSPS) is 22.3. The summed E-state index contributed by atoms with van der Waals surface area (Å²) in [6.07, 6.45) is 5.61. The average Bonchev–Trinajstić information content (AvgIpc) is 2.55. The lowest BCUT2D eigenvalue weighted by molar-refractivity contribution is 0.00578. The zero-order chi connectivity index (χ0) is 18.8. The first-order valence-electron chi connectivity index (χ1n) is 9.40. The van der Waals surface area contributed by atoms with Gasteiger partial charge in [0.1, 0.15) is 0 Å². The second-order valence-electron chi connectivity index (χ2n) is 9.59. The first-order valence-corrected chi connectivity index (χ1v) is 12.8. The van der Waals surface area contributed by atoms with Crippen LogP contribution < -0.4 is 0 Å². The van der Waals surface area contributed by atoms with Gasteiger partial charge in [0.05, 0.1) is 17.2 Å². The van der Waals surface area contributed by atoms with Gasteiger partial charge in [0, 0.05) is 0 Å². The zero-order valence-corrected chi connectivity index (χ0v) is 18.7. The highest BCUT2D eigenvalue weighted by atomic mass is 28.4. The van der Waals surface area contributed by atoms with Crippen LogP contribution in [0, 0.1) is 5.92 Å². The molecule has 1 saturated heterocycles. The Labute approximate surface area is 151 Å². The molecule has 0 aromatic heterocycles. The highest BCUT2D eigenvalue weighted by Crippen LogP contribution is 2.39. The van der Waals surface area contributed by atoms with Crippen LogP contribution >= 0.6 is 0 Å². The molecule has 0 aliphatic carbocycles. The fourth-order valence-corrected chi connectivity index (χ4v) is 4.00. The Morgan fingerprint density at radius 2 is 1.58 bits per heavy atom. The Morgan fingerprint density at radius 1 is 1.08 bits per heavy atom. The van der Waals surface area contributed by atoms with Gasteiger partial charge in [-0.2, -0.15) is 0 Å². The van der Waals surface area contributed by atoms with Gasteiger partial charge in [-0.25, -0.2) is 0 Å². The average molecular weight is 354 g/mol. The van der Waals surface area contributed by atoms with Gasteiger partial charge >= 0.3 is 7.12 Å². The van der Waals surface area contributed by atoms with E-state index in [0.29, 0.717) is 5.92 Å². The summed E-state index contributed by atoms with van der Waals surface area (Å²) in [5.74, 6) is 0.584. The monoisotopic (exact) mass is 354 g/mol. The molecule has 3 nitrogen and oxygen atoms in total. The van der Waals surface area contributed by atoms with Crippen LogP contribution in [-0.4, -0.2) is 32.6 Å². The van der Waals surface area contributed by atoms with Gasteiger partial charge in [-0.3, -0.25) is 0 Å². The molecule has 0 unspecified atom stereocenters. The van der Waals surface area contributed by atoms with Crippen molar-refractivity contribution in [3.63, 3.8) is 0 Å². The number of rotatable bonds is 8. The lowest BCUT2D eigenvalue weighted by atomic mass is 9.75. The summed E-state index contributed by atoms with van der Waals surface area (Å²) in [4.78, 5) is 0. The predicted octanol–water partition coefficient (Wildman–Crippen LogP) is 5.61. The number of hydrogen-bond acceptors (Lipinski definition) is 3. The van der Waals surface area contributed by atoms with E-state index < -0.39 is 8.32 Å². The second kappa shape index (κ2) is 8.07. The summed E-state index contributed by atoms with van der Waals surface area (Å²) in [5.41, 5.74) is 0.789. The molecular formula is C19H39BO3Si. The minimum absolute atomic E-state index is 0.0134. The molecule has 2 atom stereocenters. The summed E-state index contributed by atoms with van der Waals surface area (Å²) in [6.45, 7) is 21.8. The number of hydrogen-bond donors (Lipinski definition) is 0. The maximum atomic E-state index is 6.48. The van der Waals surface area contributed by atoms with Gasteiger partial charge in [0.2, 0.25) is 0 Å². The molecule has 1 heterocycles. The highest BCUT2D eigenvalue weighted by molar-refractivity contribution is 6.70. The van der Waals surface area contributed by atoms with Gasteiger partial charge in [0.25, 0.3) is 0 Å². The third kappa shape index (κ3) is 6.66. The van der Waals surface area contributed by atoms with E-state index in [2.05, 4.69) is 74.2 Å². The van der Waals surface area contributed by atoms with Crippen molar-refractivity contribution >= 4 is 15.4 Å². The lowest BCUT2D eigenvalue weighted by Crippen LogP contribution is -2.44. The summed E-state index contributed by atoms with van der Waals surface area (Å²) >= 11 is 0. The lowest BCUT2D eigenvalue weighted by Gasteiger charge is -2.32. The van der Waals surface area contributed by atoms with Gasteiger partial charge < -0.3 is 13.7 Å². The smallest absolute Gasteiger partial charge is 0.417 e. The molecule has 140 valence electrons. The third-order valence-electron chi connectivity index (χ3n) is 4.93. The van der Waals surface area contributed by atoms with E-state index in [-0.39, 0.29) is 24.3 Å². The topological polar surface area (TPSA) is 27.7 Å². The van der Waals surface area contributed by atoms with E-state index in [1.165, 1.54) is 12.0 Å². The molecule has 24 heavy (non-hydrogen) atoms. The van der Waals surface area contributed by atoms with Crippen LogP contribution in [-0.2, 0) is 13.7 Å². The van der Waals surface area contributed by atoms with Crippen molar-refractivity contribution in [1.29, 1.82) is 0 Å². The van der Waals surface area contributed by atoms with Gasteiger partial charge in [-0.1, -0.05) is 18.6 Å². The summed E-state index contributed by atoms with van der Waals surface area (Å²) in [6, 6.07) is 0.0134. The molecule has 0 aromatic carbocycles. The molecule has 1 aliphatic heterocycles. The molecule has 0 amide bonds. The number of allylic oxidation sites excluding steroid dienone is 2. The Morgan fingerprint density at radius 3 is 2.00 bits per heavy atom. The van der Waals surface area contributed by atoms with Crippen LogP contribution in [0.15, 0.2) is 11.6 Å². The predicted molar refractivity (Wildman–Crippen MR) is 107 cm³/mol. The SMILES string of the molecule is CC(C)=CCC[C@@H](C)C[C@@H](O[Si](C)(C)C)B1OC(C)(C)C(C)(C)O1. The largest absolute Gasteiger partial charge is 0.487 e. The summed E-state index contributed by atoms with van der Waals surface area (Å²) in [7, 11) is -1.94. The molecule has 1 fully saturated rings. The van der Waals surface area contributed by atoms with E-state index in [4.69, 9.17) is 13.7 Å². The summed E-state index contributed by atoms with van der Waals surface area (Å²) < 4.78 is 19.0. The molecule has 0 saturated carbocycles. The van der Waals surface area contributed by atoms with Gasteiger partial charge in [-0.05, 0) is 86.4 Å². The van der Waals surface area contributed by atoms with Crippen LogP contribution in [0.25, 0.3) is 0 Å². The molecule has 5 heteroatoms. The van der Waals surface area contributed by atoms with Gasteiger partial charge in [0.15, 0.2) is 8.32 Å². The quantitative estimate of drug-likeness (QED) is 0.419. The molecule has 0 N–H and O–H groups in total. The highest BCUT2D eigenvalue weighted by Gasteiger charge is 2.54. The van der Waals surface area contributed by atoms with Crippen LogP contribution in [0.1, 0.15) is 67.7 Å².